The van der Waals surface area contributed by atoms with Crippen LogP contribution in [-0.2, 0) is 6.42 Å². The van der Waals surface area contributed by atoms with E-state index < -0.39 is 5.97 Å². The molecule has 0 amide bonds. The van der Waals surface area contributed by atoms with E-state index in [0.29, 0.717) is 29.1 Å². The van der Waals surface area contributed by atoms with Gasteiger partial charge in [-0.25, -0.2) is 4.79 Å². The van der Waals surface area contributed by atoms with E-state index in [1.54, 1.807) is 50.6 Å². The molecule has 0 radical (unpaired) electrons. The van der Waals surface area contributed by atoms with E-state index in [4.69, 9.17) is 18.7 Å². The van der Waals surface area contributed by atoms with Crippen molar-refractivity contribution in [3.63, 3.8) is 0 Å². The molecule has 1 aromatic heterocycles. The average molecular weight is 389 g/mol. The van der Waals surface area contributed by atoms with Crippen LogP contribution in [0.4, 0.5) is 0 Å². The highest BCUT2D eigenvalue weighted by atomic mass is 16.5. The van der Waals surface area contributed by atoms with Crippen molar-refractivity contribution in [3.8, 4) is 17.2 Å². The van der Waals surface area contributed by atoms with Gasteiger partial charge in [0.15, 0.2) is 5.58 Å². The Bertz CT molecular complexity index is 1160. The third kappa shape index (κ3) is 3.91. The van der Waals surface area contributed by atoms with Crippen molar-refractivity contribution in [2.75, 3.05) is 14.2 Å². The molecular formula is C23H19NO5. The van der Waals surface area contributed by atoms with Crippen LogP contribution in [-0.4, -0.2) is 25.3 Å². The van der Waals surface area contributed by atoms with Crippen LogP contribution in [0.15, 0.2) is 71.3 Å². The number of carbonyl (C=O) groups excluding carboxylic acids is 1. The molecule has 0 atom stereocenters. The molecule has 0 bridgehead atoms. The Morgan fingerprint density at radius 3 is 2.62 bits per heavy atom. The largest absolute Gasteiger partial charge is 0.497 e. The van der Waals surface area contributed by atoms with Gasteiger partial charge in [-0.15, -0.1) is 0 Å². The van der Waals surface area contributed by atoms with E-state index in [0.717, 1.165) is 22.4 Å². The Labute approximate surface area is 167 Å². The molecular weight excluding hydrogens is 370 g/mol. The maximum absolute atomic E-state index is 12.4. The topological polar surface area (TPSA) is 70.8 Å². The highest BCUT2D eigenvalue weighted by Gasteiger charge is 2.14. The normalized spacial score (nSPS) is 10.7. The Morgan fingerprint density at radius 1 is 0.931 bits per heavy atom. The number of esters is 1. The van der Waals surface area contributed by atoms with Crippen LogP contribution in [0.2, 0.25) is 0 Å². The number of aromatic nitrogens is 1. The number of benzene rings is 3. The van der Waals surface area contributed by atoms with E-state index in [1.807, 2.05) is 30.3 Å². The minimum absolute atomic E-state index is 0.380. The molecule has 4 rings (SSSR count). The van der Waals surface area contributed by atoms with E-state index in [2.05, 4.69) is 5.16 Å². The third-order valence-electron chi connectivity index (χ3n) is 4.58. The van der Waals surface area contributed by atoms with Gasteiger partial charge >= 0.3 is 5.97 Å². The van der Waals surface area contributed by atoms with Crippen molar-refractivity contribution < 1.29 is 23.5 Å². The molecule has 0 aliphatic rings. The Hall–Kier alpha value is -3.80. The Morgan fingerprint density at radius 2 is 1.79 bits per heavy atom. The Balaban J connectivity index is 1.55. The van der Waals surface area contributed by atoms with Gasteiger partial charge in [0, 0.05) is 23.4 Å². The fourth-order valence-electron chi connectivity index (χ4n) is 3.11. The molecule has 3 aromatic carbocycles. The fourth-order valence-corrected chi connectivity index (χ4v) is 3.11. The van der Waals surface area contributed by atoms with Crippen LogP contribution in [0, 0.1) is 0 Å². The van der Waals surface area contributed by atoms with Crippen LogP contribution in [0.3, 0.4) is 0 Å². The Kier molecular flexibility index (Phi) is 5.16. The number of ether oxygens (including phenoxy) is 3. The highest BCUT2D eigenvalue weighted by molar-refractivity contribution is 5.92. The van der Waals surface area contributed by atoms with E-state index in [1.165, 1.54) is 0 Å². The molecule has 0 aliphatic carbocycles. The summed E-state index contributed by atoms with van der Waals surface area (Å²) in [6, 6.07) is 19.8. The maximum Gasteiger partial charge on any atom is 0.343 e. The van der Waals surface area contributed by atoms with E-state index in [9.17, 15) is 4.79 Å². The van der Waals surface area contributed by atoms with Crippen molar-refractivity contribution in [1.82, 2.24) is 5.16 Å². The summed E-state index contributed by atoms with van der Waals surface area (Å²) in [5, 5.41) is 5.04. The number of hydrogen-bond acceptors (Lipinski definition) is 6. The molecule has 6 heteroatoms. The molecule has 29 heavy (non-hydrogen) atoms. The molecule has 0 N–H and O–H groups in total. The number of carbonyl (C=O) groups is 1. The monoisotopic (exact) mass is 389 g/mol. The lowest BCUT2D eigenvalue weighted by molar-refractivity contribution is 0.0734. The van der Waals surface area contributed by atoms with Crippen molar-refractivity contribution in [1.29, 1.82) is 0 Å². The lowest BCUT2D eigenvalue weighted by Gasteiger charge is -2.07. The summed E-state index contributed by atoms with van der Waals surface area (Å²) in [4.78, 5) is 12.4. The summed E-state index contributed by atoms with van der Waals surface area (Å²) < 4.78 is 21.5. The minimum Gasteiger partial charge on any atom is -0.497 e. The number of para-hydroxylation sites is 1. The molecule has 4 aromatic rings. The molecule has 0 saturated carbocycles. The van der Waals surface area contributed by atoms with Gasteiger partial charge in [-0.2, -0.15) is 0 Å². The smallest absolute Gasteiger partial charge is 0.343 e. The molecule has 1 heterocycles. The fraction of sp³-hybridized carbons (Fsp3) is 0.130. The van der Waals surface area contributed by atoms with Gasteiger partial charge in [0.05, 0.1) is 25.5 Å². The highest BCUT2D eigenvalue weighted by Crippen LogP contribution is 2.28. The summed E-state index contributed by atoms with van der Waals surface area (Å²) in [5.41, 5.74) is 2.75. The lowest BCUT2D eigenvalue weighted by Crippen LogP contribution is -2.08. The van der Waals surface area contributed by atoms with Crippen LogP contribution >= 0.6 is 0 Å². The van der Waals surface area contributed by atoms with Crippen LogP contribution in [0.5, 0.6) is 17.2 Å². The molecule has 0 fully saturated rings. The SMILES string of the molecule is COc1cccc(C(=O)Oc2ccc3c(Cc4ccccc4OC)noc3c2)c1. The van der Waals surface area contributed by atoms with Gasteiger partial charge in [0.25, 0.3) is 0 Å². The van der Waals surface area contributed by atoms with Crippen LogP contribution in [0.1, 0.15) is 21.6 Å². The maximum atomic E-state index is 12.4. The number of methoxy groups -OCH3 is 2. The van der Waals surface area contributed by atoms with Crippen molar-refractivity contribution in [2.45, 2.75) is 6.42 Å². The quantitative estimate of drug-likeness (QED) is 0.353. The summed E-state index contributed by atoms with van der Waals surface area (Å²) in [6.45, 7) is 0. The first-order valence-electron chi connectivity index (χ1n) is 9.04. The molecule has 146 valence electrons. The first-order valence-corrected chi connectivity index (χ1v) is 9.04. The number of nitrogens with zero attached hydrogens (tertiary/aromatic N) is 1. The van der Waals surface area contributed by atoms with Gasteiger partial charge < -0.3 is 18.7 Å². The second-order valence-electron chi connectivity index (χ2n) is 6.40. The molecule has 0 unspecified atom stereocenters. The van der Waals surface area contributed by atoms with E-state index >= 15 is 0 Å². The second-order valence-corrected chi connectivity index (χ2v) is 6.40. The summed E-state index contributed by atoms with van der Waals surface area (Å²) >= 11 is 0. The zero-order valence-electron chi connectivity index (χ0n) is 16.0. The van der Waals surface area contributed by atoms with Crippen molar-refractivity contribution >= 4 is 16.9 Å². The molecule has 0 aliphatic heterocycles. The molecule has 0 saturated heterocycles. The van der Waals surface area contributed by atoms with Crippen LogP contribution in [0.25, 0.3) is 11.0 Å². The summed E-state index contributed by atoms with van der Waals surface area (Å²) in [6.07, 6.45) is 0.569. The molecule has 6 nitrogen and oxygen atoms in total. The van der Waals surface area contributed by atoms with Gasteiger partial charge in [-0.3, -0.25) is 0 Å². The molecule has 0 spiro atoms. The number of fused-ring (bicyclic) bond motifs is 1. The van der Waals surface area contributed by atoms with Gasteiger partial charge in [0.2, 0.25) is 0 Å². The van der Waals surface area contributed by atoms with Gasteiger partial charge in [-0.1, -0.05) is 29.4 Å². The predicted octanol–water partition coefficient (Wildman–Crippen LogP) is 4.66. The van der Waals surface area contributed by atoms with Gasteiger partial charge in [-0.05, 0) is 36.4 Å². The average Bonchev–Trinajstić information content (AvgIpc) is 3.16. The lowest BCUT2D eigenvalue weighted by atomic mass is 10.1. The van der Waals surface area contributed by atoms with Crippen molar-refractivity contribution in [2.24, 2.45) is 0 Å². The first-order chi connectivity index (χ1) is 14.2. The summed E-state index contributed by atoms with van der Waals surface area (Å²) in [5.74, 6) is 1.29. The standard InChI is InChI=1S/C23H19NO5/c1-26-17-8-5-7-16(12-17)23(25)28-18-10-11-19-20(24-29-22(19)14-18)13-15-6-3-4-9-21(15)27-2/h3-12,14H,13H2,1-2H3. The summed E-state index contributed by atoms with van der Waals surface area (Å²) in [7, 11) is 3.19. The minimum atomic E-state index is -0.475. The van der Waals surface area contributed by atoms with Crippen molar-refractivity contribution in [3.05, 3.63) is 83.6 Å². The van der Waals surface area contributed by atoms with Gasteiger partial charge in [0.1, 0.15) is 17.2 Å². The predicted molar refractivity (Wildman–Crippen MR) is 108 cm³/mol. The number of hydrogen-bond donors (Lipinski definition) is 0. The van der Waals surface area contributed by atoms with E-state index in [-0.39, 0.29) is 0 Å². The second kappa shape index (κ2) is 8.06. The third-order valence-corrected chi connectivity index (χ3v) is 4.58. The zero-order valence-corrected chi connectivity index (χ0v) is 16.0. The zero-order chi connectivity index (χ0) is 20.2. The first kappa shape index (κ1) is 18.6. The van der Waals surface area contributed by atoms with Crippen LogP contribution < -0.4 is 14.2 Å². The number of rotatable bonds is 6.